The van der Waals surface area contributed by atoms with Crippen molar-refractivity contribution in [2.75, 3.05) is 18.9 Å². The van der Waals surface area contributed by atoms with E-state index < -0.39 is 10.0 Å². The number of hydrogen-bond acceptors (Lipinski definition) is 3. The number of nitrogens with zero attached hydrogens (tertiary/aromatic N) is 1. The summed E-state index contributed by atoms with van der Waals surface area (Å²) in [7, 11) is -3.17. The van der Waals surface area contributed by atoms with Gasteiger partial charge in [-0.15, -0.1) is 0 Å². The average molecular weight is 249 g/mol. The van der Waals surface area contributed by atoms with E-state index in [4.69, 9.17) is 5.11 Å². The summed E-state index contributed by atoms with van der Waals surface area (Å²) in [6.07, 6.45) is 3.45. The highest BCUT2D eigenvalue weighted by molar-refractivity contribution is 7.89. The molecule has 1 fully saturated rings. The first-order valence-corrected chi connectivity index (χ1v) is 7.76. The second-order valence-corrected chi connectivity index (χ2v) is 6.52. The van der Waals surface area contributed by atoms with Crippen molar-refractivity contribution in [1.82, 2.24) is 4.31 Å². The molecule has 5 heteroatoms. The maximum atomic E-state index is 12.1. The van der Waals surface area contributed by atoms with Gasteiger partial charge in [0.15, 0.2) is 0 Å². The van der Waals surface area contributed by atoms with E-state index in [2.05, 4.69) is 0 Å². The van der Waals surface area contributed by atoms with E-state index >= 15 is 0 Å². The molecule has 1 rings (SSSR count). The summed E-state index contributed by atoms with van der Waals surface area (Å²) in [5.41, 5.74) is 0. The van der Waals surface area contributed by atoms with Crippen molar-refractivity contribution in [3.8, 4) is 0 Å². The molecule has 0 aliphatic carbocycles. The van der Waals surface area contributed by atoms with Crippen LogP contribution in [0.5, 0.6) is 0 Å². The predicted octanol–water partition coefficient (Wildman–Crippen LogP) is 1.21. The molecule has 0 amide bonds. The summed E-state index contributed by atoms with van der Waals surface area (Å²) < 4.78 is 25.8. The molecule has 0 spiro atoms. The first-order chi connectivity index (χ1) is 7.55. The van der Waals surface area contributed by atoms with Crippen LogP contribution >= 0.6 is 0 Å². The summed E-state index contributed by atoms with van der Waals surface area (Å²) in [6, 6.07) is -0.181. The zero-order valence-corrected chi connectivity index (χ0v) is 11.0. The molecule has 0 unspecified atom stereocenters. The summed E-state index contributed by atoms with van der Waals surface area (Å²) in [5.74, 6) is 0.473. The molecule has 96 valence electrons. The number of hydrogen-bond donors (Lipinski definition) is 1. The average Bonchev–Trinajstić information content (AvgIpc) is 2.74. The fourth-order valence-electron chi connectivity index (χ4n) is 2.28. The number of rotatable bonds is 6. The molecule has 1 atom stereocenters. The highest BCUT2D eigenvalue weighted by atomic mass is 32.2. The van der Waals surface area contributed by atoms with Gasteiger partial charge in [0, 0.05) is 12.6 Å². The van der Waals surface area contributed by atoms with E-state index in [-0.39, 0.29) is 24.3 Å². The molecule has 16 heavy (non-hydrogen) atoms. The van der Waals surface area contributed by atoms with E-state index in [1.165, 1.54) is 4.31 Å². The van der Waals surface area contributed by atoms with E-state index in [0.29, 0.717) is 6.54 Å². The Morgan fingerprint density at radius 2 is 2.00 bits per heavy atom. The molecule has 1 N–H and O–H groups in total. The lowest BCUT2D eigenvalue weighted by atomic mass is 10.1. The first kappa shape index (κ1) is 13.9. The van der Waals surface area contributed by atoms with Crippen LogP contribution in [0, 0.1) is 5.92 Å². The fourth-order valence-corrected chi connectivity index (χ4v) is 4.57. The molecule has 0 aromatic rings. The van der Waals surface area contributed by atoms with Crippen molar-refractivity contribution in [2.24, 2.45) is 5.92 Å². The van der Waals surface area contributed by atoms with Gasteiger partial charge in [-0.25, -0.2) is 8.42 Å². The number of aliphatic hydroxyl groups excluding tert-OH is 1. The normalized spacial score (nSPS) is 23.1. The van der Waals surface area contributed by atoms with E-state index in [1.54, 1.807) is 0 Å². The minimum Gasteiger partial charge on any atom is -0.395 e. The number of aliphatic hydroxyl groups is 1. The lowest BCUT2D eigenvalue weighted by Crippen LogP contribution is -2.40. The minimum absolute atomic E-state index is 0.0534. The summed E-state index contributed by atoms with van der Waals surface area (Å²) in [4.78, 5) is 0. The van der Waals surface area contributed by atoms with Crippen molar-refractivity contribution in [1.29, 1.82) is 0 Å². The molecule has 0 bridgehead atoms. The highest BCUT2D eigenvalue weighted by Crippen LogP contribution is 2.23. The largest absolute Gasteiger partial charge is 0.395 e. The van der Waals surface area contributed by atoms with E-state index in [1.807, 2.05) is 13.8 Å². The lowest BCUT2D eigenvalue weighted by Gasteiger charge is -2.24. The second kappa shape index (κ2) is 5.98. The SMILES string of the molecule is CCC(CC)CS(=O)(=O)N1CCC[C@@H]1CO. The molecule has 0 radical (unpaired) electrons. The third-order valence-electron chi connectivity index (χ3n) is 3.49. The Balaban J connectivity index is 2.69. The van der Waals surface area contributed by atoms with Gasteiger partial charge in [-0.1, -0.05) is 26.7 Å². The summed E-state index contributed by atoms with van der Waals surface area (Å²) >= 11 is 0. The van der Waals surface area contributed by atoms with Crippen LogP contribution in [0.25, 0.3) is 0 Å². The Bertz CT molecular complexity index is 298. The molecule has 1 aliphatic rings. The van der Waals surface area contributed by atoms with Crippen molar-refractivity contribution in [3.05, 3.63) is 0 Å². The van der Waals surface area contributed by atoms with Gasteiger partial charge in [-0.3, -0.25) is 0 Å². The van der Waals surface area contributed by atoms with Crippen LogP contribution in [0.4, 0.5) is 0 Å². The van der Waals surface area contributed by atoms with Crippen LogP contribution in [-0.2, 0) is 10.0 Å². The van der Waals surface area contributed by atoms with Crippen molar-refractivity contribution < 1.29 is 13.5 Å². The minimum atomic E-state index is -3.17. The van der Waals surface area contributed by atoms with Crippen LogP contribution in [0.15, 0.2) is 0 Å². The van der Waals surface area contributed by atoms with Crippen molar-refractivity contribution in [2.45, 2.75) is 45.6 Å². The molecule has 4 nitrogen and oxygen atoms in total. The Hall–Kier alpha value is -0.130. The first-order valence-electron chi connectivity index (χ1n) is 6.15. The van der Waals surface area contributed by atoms with Crippen LogP contribution in [0.3, 0.4) is 0 Å². The fraction of sp³-hybridized carbons (Fsp3) is 1.00. The van der Waals surface area contributed by atoms with Gasteiger partial charge >= 0.3 is 0 Å². The molecular formula is C11H23NO3S. The molecule has 1 aliphatic heterocycles. The van der Waals surface area contributed by atoms with Crippen LogP contribution < -0.4 is 0 Å². The second-order valence-electron chi connectivity index (χ2n) is 4.55. The van der Waals surface area contributed by atoms with Gasteiger partial charge in [-0.2, -0.15) is 4.31 Å². The Kier molecular flexibility index (Phi) is 5.21. The molecule has 0 aromatic heterocycles. The Morgan fingerprint density at radius 3 is 2.50 bits per heavy atom. The zero-order chi connectivity index (χ0) is 12.2. The van der Waals surface area contributed by atoms with Gasteiger partial charge in [0.25, 0.3) is 0 Å². The standard InChI is InChI=1S/C11H23NO3S/c1-3-10(4-2)9-16(14,15)12-7-5-6-11(12)8-13/h10-11,13H,3-9H2,1-2H3/t11-/m1/s1. The van der Waals surface area contributed by atoms with E-state index in [0.717, 1.165) is 25.7 Å². The molecule has 0 saturated carbocycles. The maximum absolute atomic E-state index is 12.1. The maximum Gasteiger partial charge on any atom is 0.214 e. The van der Waals surface area contributed by atoms with Gasteiger partial charge in [0.05, 0.1) is 12.4 Å². The lowest BCUT2D eigenvalue weighted by molar-refractivity contribution is 0.213. The zero-order valence-electron chi connectivity index (χ0n) is 10.2. The van der Waals surface area contributed by atoms with Crippen LogP contribution in [-0.4, -0.2) is 42.8 Å². The van der Waals surface area contributed by atoms with Gasteiger partial charge in [0.1, 0.15) is 0 Å². The molecule has 1 saturated heterocycles. The third kappa shape index (κ3) is 3.18. The number of sulfonamides is 1. The molecule has 1 heterocycles. The molecular weight excluding hydrogens is 226 g/mol. The summed E-state index contributed by atoms with van der Waals surface area (Å²) in [5, 5.41) is 9.14. The van der Waals surface area contributed by atoms with Crippen molar-refractivity contribution in [3.63, 3.8) is 0 Å². The Labute approximate surface area is 98.7 Å². The molecule has 0 aromatic carbocycles. The highest BCUT2D eigenvalue weighted by Gasteiger charge is 2.34. The van der Waals surface area contributed by atoms with Crippen LogP contribution in [0.1, 0.15) is 39.5 Å². The van der Waals surface area contributed by atoms with E-state index in [9.17, 15) is 8.42 Å². The topological polar surface area (TPSA) is 57.6 Å². The monoisotopic (exact) mass is 249 g/mol. The smallest absolute Gasteiger partial charge is 0.214 e. The summed E-state index contributed by atoms with van der Waals surface area (Å²) in [6.45, 7) is 4.57. The van der Waals surface area contributed by atoms with Gasteiger partial charge in [-0.05, 0) is 18.8 Å². The quantitative estimate of drug-likeness (QED) is 0.770. The third-order valence-corrected chi connectivity index (χ3v) is 5.58. The van der Waals surface area contributed by atoms with Crippen LogP contribution in [0.2, 0.25) is 0 Å². The van der Waals surface area contributed by atoms with Gasteiger partial charge < -0.3 is 5.11 Å². The predicted molar refractivity (Wildman–Crippen MR) is 64.7 cm³/mol. The van der Waals surface area contributed by atoms with Gasteiger partial charge in [0.2, 0.25) is 10.0 Å². The van der Waals surface area contributed by atoms with Crippen molar-refractivity contribution >= 4 is 10.0 Å². The Morgan fingerprint density at radius 1 is 1.38 bits per heavy atom.